The van der Waals surface area contributed by atoms with Crippen LogP contribution < -0.4 is 10.6 Å². The van der Waals surface area contributed by atoms with E-state index in [2.05, 4.69) is 15.8 Å². The molecule has 6 nitrogen and oxygen atoms in total. The van der Waals surface area contributed by atoms with Crippen LogP contribution in [0.15, 0.2) is 88.3 Å². The molecule has 2 amide bonds. The lowest BCUT2D eigenvalue weighted by molar-refractivity contribution is -0.115. The highest BCUT2D eigenvalue weighted by Crippen LogP contribution is 2.37. The van der Waals surface area contributed by atoms with Gasteiger partial charge < -0.3 is 15.2 Å². The molecular weight excluding hydrogens is 493 g/mol. The Labute approximate surface area is 210 Å². The molecule has 0 saturated heterocycles. The number of thioether (sulfide) groups is 1. The number of amides is 2. The van der Waals surface area contributed by atoms with E-state index in [1.54, 1.807) is 37.3 Å². The number of nitrogens with one attached hydrogen (secondary N) is 2. The Balaban J connectivity index is 1.54. The Morgan fingerprint density at radius 1 is 0.941 bits per heavy atom. The summed E-state index contributed by atoms with van der Waals surface area (Å²) in [6.07, 6.45) is 0. The van der Waals surface area contributed by atoms with Crippen LogP contribution in [-0.2, 0) is 4.79 Å². The summed E-state index contributed by atoms with van der Waals surface area (Å²) >= 11 is 13.4. The second-order valence-electron chi connectivity index (χ2n) is 7.33. The zero-order valence-electron chi connectivity index (χ0n) is 17.9. The van der Waals surface area contributed by atoms with Crippen molar-refractivity contribution in [3.8, 4) is 0 Å². The van der Waals surface area contributed by atoms with Crippen molar-refractivity contribution in [3.05, 3.63) is 106 Å². The maximum atomic E-state index is 13.1. The fraction of sp³-hybridized carbons (Fsp3) is 0.0800. The molecule has 1 aromatic heterocycles. The maximum Gasteiger partial charge on any atom is 0.257 e. The molecule has 9 heteroatoms. The summed E-state index contributed by atoms with van der Waals surface area (Å²) in [5.41, 5.74) is 1.71. The number of benzene rings is 3. The molecule has 34 heavy (non-hydrogen) atoms. The molecule has 1 heterocycles. The summed E-state index contributed by atoms with van der Waals surface area (Å²) in [4.78, 5) is 26.6. The normalized spacial score (nSPS) is 11.6. The highest BCUT2D eigenvalue weighted by molar-refractivity contribution is 8.00. The van der Waals surface area contributed by atoms with Crippen molar-refractivity contribution in [2.75, 3.05) is 10.6 Å². The minimum absolute atomic E-state index is 0.244. The number of hydrogen-bond donors (Lipinski definition) is 2. The van der Waals surface area contributed by atoms with Crippen LogP contribution in [-0.4, -0.2) is 17.0 Å². The van der Waals surface area contributed by atoms with Crippen LogP contribution >= 0.6 is 35.0 Å². The van der Waals surface area contributed by atoms with Crippen LogP contribution in [0.5, 0.6) is 0 Å². The molecule has 0 aliphatic heterocycles. The van der Waals surface area contributed by atoms with E-state index in [4.69, 9.17) is 27.7 Å². The molecule has 0 fully saturated rings. The molecule has 0 aliphatic carbocycles. The van der Waals surface area contributed by atoms with Crippen LogP contribution in [0.2, 0.25) is 10.0 Å². The summed E-state index contributed by atoms with van der Waals surface area (Å²) in [5.74, 6) is 0.350. The first kappa shape index (κ1) is 23.9. The number of aryl methyl sites for hydroxylation is 1. The summed E-state index contributed by atoms with van der Waals surface area (Å²) in [6.45, 7) is 1.75. The molecule has 0 bridgehead atoms. The number of rotatable bonds is 7. The molecule has 1 atom stereocenters. The maximum absolute atomic E-state index is 13.1. The quantitative estimate of drug-likeness (QED) is 0.260. The first-order chi connectivity index (χ1) is 16.4. The fourth-order valence-electron chi connectivity index (χ4n) is 3.17. The van der Waals surface area contributed by atoms with E-state index in [9.17, 15) is 9.59 Å². The molecule has 1 unspecified atom stereocenters. The third kappa shape index (κ3) is 5.99. The van der Waals surface area contributed by atoms with Gasteiger partial charge in [-0.25, -0.2) is 0 Å². The van der Waals surface area contributed by atoms with Gasteiger partial charge in [0.25, 0.3) is 5.91 Å². The van der Waals surface area contributed by atoms with Crippen molar-refractivity contribution < 1.29 is 14.1 Å². The average Bonchev–Trinajstić information content (AvgIpc) is 3.22. The van der Waals surface area contributed by atoms with Gasteiger partial charge in [0.15, 0.2) is 5.82 Å². The second-order valence-corrected chi connectivity index (χ2v) is 9.35. The number of anilines is 2. The molecule has 4 aromatic rings. The standard InChI is InChI=1S/C25H19Cl2N3O3S/c1-15-12-22(30-33-15)29-25(32)23(16-6-3-2-4-7-16)34-19-9-5-8-18(14-19)28-24(31)20-11-10-17(26)13-21(20)27/h2-14,23H,1H3,(H,28,31)(H,29,30,32). The van der Waals surface area contributed by atoms with Crippen LogP contribution in [0.4, 0.5) is 11.5 Å². The first-order valence-corrected chi connectivity index (χ1v) is 11.8. The van der Waals surface area contributed by atoms with E-state index in [0.717, 1.165) is 10.5 Å². The molecule has 0 saturated carbocycles. The van der Waals surface area contributed by atoms with Gasteiger partial charge in [-0.1, -0.05) is 64.8 Å². The third-order valence-electron chi connectivity index (χ3n) is 4.74. The minimum atomic E-state index is -0.560. The minimum Gasteiger partial charge on any atom is -0.360 e. The highest BCUT2D eigenvalue weighted by atomic mass is 35.5. The predicted octanol–water partition coefficient (Wildman–Crippen LogP) is 7.01. The van der Waals surface area contributed by atoms with Crippen molar-refractivity contribution in [1.82, 2.24) is 5.16 Å². The molecule has 0 spiro atoms. The van der Waals surface area contributed by atoms with Crippen LogP contribution in [0.25, 0.3) is 0 Å². The van der Waals surface area contributed by atoms with Gasteiger partial charge in [0.05, 0.1) is 10.6 Å². The summed E-state index contributed by atoms with van der Waals surface area (Å²) in [5, 5.41) is 9.64. The van der Waals surface area contributed by atoms with Crippen LogP contribution in [0, 0.1) is 6.92 Å². The number of carbonyl (C=O) groups excluding carboxylic acids is 2. The zero-order chi connectivity index (χ0) is 24.1. The summed E-state index contributed by atoms with van der Waals surface area (Å²) in [6, 6.07) is 23.0. The van der Waals surface area contributed by atoms with Gasteiger partial charge in [0.2, 0.25) is 5.91 Å². The third-order valence-corrected chi connectivity index (χ3v) is 6.54. The van der Waals surface area contributed by atoms with Crippen molar-refractivity contribution in [2.45, 2.75) is 17.1 Å². The Hall–Kier alpha value is -3.26. The van der Waals surface area contributed by atoms with Gasteiger partial charge >= 0.3 is 0 Å². The Morgan fingerprint density at radius 2 is 1.74 bits per heavy atom. The van der Waals surface area contributed by atoms with Crippen molar-refractivity contribution in [1.29, 1.82) is 0 Å². The monoisotopic (exact) mass is 511 g/mol. The lowest BCUT2D eigenvalue weighted by atomic mass is 10.1. The zero-order valence-corrected chi connectivity index (χ0v) is 20.2. The van der Waals surface area contributed by atoms with Crippen molar-refractivity contribution >= 4 is 58.3 Å². The van der Waals surface area contributed by atoms with E-state index in [-0.39, 0.29) is 16.8 Å². The predicted molar refractivity (Wildman–Crippen MR) is 136 cm³/mol. The molecule has 2 N–H and O–H groups in total. The average molecular weight is 512 g/mol. The summed E-state index contributed by atoms with van der Waals surface area (Å²) < 4.78 is 5.04. The van der Waals surface area contributed by atoms with Crippen LogP contribution in [0.3, 0.4) is 0 Å². The Kier molecular flexibility index (Phi) is 7.57. The number of hydrogen-bond acceptors (Lipinski definition) is 5. The number of aromatic nitrogens is 1. The lowest BCUT2D eigenvalue weighted by Crippen LogP contribution is -2.19. The summed E-state index contributed by atoms with van der Waals surface area (Å²) in [7, 11) is 0. The fourth-order valence-corrected chi connectivity index (χ4v) is 4.75. The molecule has 3 aromatic carbocycles. The molecule has 0 aliphatic rings. The largest absolute Gasteiger partial charge is 0.360 e. The van der Waals surface area contributed by atoms with Gasteiger partial charge in [-0.15, -0.1) is 11.8 Å². The SMILES string of the molecule is Cc1cc(NC(=O)C(Sc2cccc(NC(=O)c3ccc(Cl)cc3Cl)c2)c2ccccc2)no1. The van der Waals surface area contributed by atoms with Gasteiger partial charge in [-0.05, 0) is 48.9 Å². The molecule has 172 valence electrons. The van der Waals surface area contributed by atoms with Gasteiger partial charge in [0.1, 0.15) is 11.0 Å². The smallest absolute Gasteiger partial charge is 0.257 e. The molecule has 4 rings (SSSR count). The highest BCUT2D eigenvalue weighted by Gasteiger charge is 2.23. The Bertz CT molecular complexity index is 1330. The first-order valence-electron chi connectivity index (χ1n) is 10.2. The molecular formula is C25H19Cl2N3O3S. The lowest BCUT2D eigenvalue weighted by Gasteiger charge is -2.17. The topological polar surface area (TPSA) is 84.2 Å². The number of nitrogens with zero attached hydrogens (tertiary/aromatic N) is 1. The van der Waals surface area contributed by atoms with E-state index in [0.29, 0.717) is 27.9 Å². The van der Waals surface area contributed by atoms with Gasteiger partial charge in [0, 0.05) is 21.7 Å². The van der Waals surface area contributed by atoms with Crippen molar-refractivity contribution in [2.24, 2.45) is 0 Å². The van der Waals surface area contributed by atoms with E-state index >= 15 is 0 Å². The Morgan fingerprint density at radius 3 is 2.44 bits per heavy atom. The van der Waals surface area contributed by atoms with E-state index < -0.39 is 5.25 Å². The van der Waals surface area contributed by atoms with Gasteiger partial charge in [-0.2, -0.15) is 0 Å². The number of carbonyl (C=O) groups is 2. The van der Waals surface area contributed by atoms with Crippen molar-refractivity contribution in [3.63, 3.8) is 0 Å². The molecule has 0 radical (unpaired) electrons. The number of halogens is 2. The van der Waals surface area contributed by atoms with E-state index in [1.807, 2.05) is 42.5 Å². The van der Waals surface area contributed by atoms with E-state index in [1.165, 1.54) is 17.8 Å². The second kappa shape index (κ2) is 10.8. The van der Waals surface area contributed by atoms with Crippen LogP contribution in [0.1, 0.15) is 26.9 Å². The van der Waals surface area contributed by atoms with Gasteiger partial charge in [-0.3, -0.25) is 9.59 Å².